The van der Waals surface area contributed by atoms with Crippen molar-refractivity contribution in [2.75, 3.05) is 39.4 Å². The molecule has 4 rings (SSSR count). The lowest BCUT2D eigenvalue weighted by molar-refractivity contribution is 0.0297. The van der Waals surface area contributed by atoms with E-state index in [0.29, 0.717) is 11.8 Å². The summed E-state index contributed by atoms with van der Waals surface area (Å²) in [5, 5.41) is 25.1. The van der Waals surface area contributed by atoms with Crippen molar-refractivity contribution < 1.29 is 19.7 Å². The Morgan fingerprint density at radius 3 is 1.50 bits per heavy atom. The molecular formula is C12H22N2O4. The minimum Gasteiger partial charge on any atom is -0.390 e. The highest BCUT2D eigenvalue weighted by molar-refractivity contribution is 4.91. The smallest absolute Gasteiger partial charge is 0.0962 e. The third kappa shape index (κ3) is 2.41. The molecule has 0 aliphatic carbocycles. The first kappa shape index (κ1) is 12.8. The van der Waals surface area contributed by atoms with E-state index in [4.69, 9.17) is 9.47 Å². The van der Waals surface area contributed by atoms with E-state index >= 15 is 0 Å². The van der Waals surface area contributed by atoms with Gasteiger partial charge in [0.2, 0.25) is 0 Å². The predicted molar refractivity (Wildman–Crippen MR) is 64.2 cm³/mol. The Bertz CT molecular complexity index is 231. The van der Waals surface area contributed by atoms with Gasteiger partial charge in [-0.15, -0.1) is 0 Å². The Morgan fingerprint density at radius 1 is 0.722 bits per heavy atom. The maximum atomic E-state index is 9.34. The SMILES string of the molecule is O[C@@H]1[C@@H]2CNC[C@H]1OC2.O[C@H]1[C@H]2CNC[C@@H]1OC2. The number of piperidine rings is 2. The zero-order valence-electron chi connectivity index (χ0n) is 10.4. The van der Waals surface area contributed by atoms with Crippen LogP contribution in [0.1, 0.15) is 0 Å². The van der Waals surface area contributed by atoms with Gasteiger partial charge in [-0.3, -0.25) is 0 Å². The van der Waals surface area contributed by atoms with Gasteiger partial charge in [0.1, 0.15) is 0 Å². The predicted octanol–water partition coefficient (Wildman–Crippen LogP) is -2.07. The second-order valence-electron chi connectivity index (χ2n) is 5.56. The van der Waals surface area contributed by atoms with Crippen LogP contribution in [0, 0.1) is 11.8 Å². The quantitative estimate of drug-likeness (QED) is 0.400. The van der Waals surface area contributed by atoms with Crippen molar-refractivity contribution in [1.29, 1.82) is 0 Å². The van der Waals surface area contributed by atoms with Crippen molar-refractivity contribution >= 4 is 0 Å². The van der Waals surface area contributed by atoms with E-state index in [-0.39, 0.29) is 24.4 Å². The van der Waals surface area contributed by atoms with E-state index in [0.717, 1.165) is 39.4 Å². The van der Waals surface area contributed by atoms with Crippen LogP contribution in [-0.2, 0) is 9.47 Å². The molecule has 0 saturated carbocycles. The van der Waals surface area contributed by atoms with E-state index in [2.05, 4.69) is 10.6 Å². The minimum absolute atomic E-state index is 0.0729. The number of nitrogens with one attached hydrogen (secondary N) is 2. The molecule has 4 N–H and O–H groups in total. The van der Waals surface area contributed by atoms with Gasteiger partial charge in [-0.2, -0.15) is 0 Å². The zero-order valence-corrected chi connectivity index (χ0v) is 10.4. The molecule has 4 fully saturated rings. The van der Waals surface area contributed by atoms with E-state index < -0.39 is 0 Å². The first-order chi connectivity index (χ1) is 8.75. The van der Waals surface area contributed by atoms with Gasteiger partial charge in [-0.1, -0.05) is 0 Å². The highest BCUT2D eigenvalue weighted by Crippen LogP contribution is 2.23. The average molecular weight is 258 g/mol. The molecule has 6 heteroatoms. The number of ether oxygens (including phenoxy) is 2. The molecule has 0 spiro atoms. The Hall–Kier alpha value is -0.240. The number of aliphatic hydroxyl groups is 2. The summed E-state index contributed by atoms with van der Waals surface area (Å²) in [4.78, 5) is 0. The number of hydrogen-bond donors (Lipinski definition) is 4. The molecule has 0 unspecified atom stereocenters. The Balaban J connectivity index is 0.000000111. The number of hydrogen-bond acceptors (Lipinski definition) is 6. The minimum atomic E-state index is -0.203. The molecule has 18 heavy (non-hydrogen) atoms. The molecule has 0 amide bonds. The fourth-order valence-corrected chi connectivity index (χ4v) is 3.04. The molecule has 0 radical (unpaired) electrons. The molecule has 0 aromatic rings. The summed E-state index contributed by atoms with van der Waals surface area (Å²) in [5.41, 5.74) is 0. The number of rotatable bonds is 0. The van der Waals surface area contributed by atoms with Crippen LogP contribution < -0.4 is 10.6 Å². The molecule has 0 aromatic carbocycles. The fourth-order valence-electron chi connectivity index (χ4n) is 3.04. The van der Waals surface area contributed by atoms with E-state index in [1.165, 1.54) is 0 Å². The van der Waals surface area contributed by atoms with E-state index in [9.17, 15) is 10.2 Å². The summed E-state index contributed by atoms with van der Waals surface area (Å²) in [6.07, 6.45) is -0.259. The van der Waals surface area contributed by atoms with Crippen LogP contribution >= 0.6 is 0 Å². The largest absolute Gasteiger partial charge is 0.390 e. The molecule has 6 atom stereocenters. The van der Waals surface area contributed by atoms with Crippen molar-refractivity contribution in [3.8, 4) is 0 Å². The Labute approximate surface area is 107 Å². The van der Waals surface area contributed by atoms with Gasteiger partial charge in [0, 0.05) is 38.0 Å². The van der Waals surface area contributed by atoms with Crippen LogP contribution in [0.3, 0.4) is 0 Å². The standard InChI is InChI=1S/2C6H11NO2/c2*8-6-4-1-7-2-5(6)9-3-4/h2*4-8H,1-3H2/t2*4-,5-,6-/m10/s1. The highest BCUT2D eigenvalue weighted by atomic mass is 16.5. The topological polar surface area (TPSA) is 83.0 Å². The summed E-state index contributed by atoms with van der Waals surface area (Å²) in [7, 11) is 0. The molecule has 6 nitrogen and oxygen atoms in total. The molecule has 4 heterocycles. The second-order valence-corrected chi connectivity index (χ2v) is 5.56. The van der Waals surface area contributed by atoms with Crippen molar-refractivity contribution in [2.24, 2.45) is 11.8 Å². The molecule has 0 aromatic heterocycles. The van der Waals surface area contributed by atoms with Gasteiger partial charge >= 0.3 is 0 Å². The average Bonchev–Trinajstić information content (AvgIpc) is 2.77. The van der Waals surface area contributed by atoms with Gasteiger partial charge < -0.3 is 30.3 Å². The van der Waals surface area contributed by atoms with Gasteiger partial charge in [0.05, 0.1) is 37.6 Å². The van der Waals surface area contributed by atoms with Crippen LogP contribution in [0.15, 0.2) is 0 Å². The Kier molecular flexibility index (Phi) is 3.83. The summed E-state index contributed by atoms with van der Waals surface area (Å²) >= 11 is 0. The van der Waals surface area contributed by atoms with E-state index in [1.54, 1.807) is 0 Å². The maximum absolute atomic E-state index is 9.34. The Morgan fingerprint density at radius 2 is 1.17 bits per heavy atom. The monoisotopic (exact) mass is 258 g/mol. The highest BCUT2D eigenvalue weighted by Gasteiger charge is 2.39. The van der Waals surface area contributed by atoms with E-state index in [1.807, 2.05) is 0 Å². The van der Waals surface area contributed by atoms with Gasteiger partial charge in [-0.05, 0) is 0 Å². The molecule has 4 bridgehead atoms. The van der Waals surface area contributed by atoms with Crippen molar-refractivity contribution in [1.82, 2.24) is 10.6 Å². The normalized spacial score (nSPS) is 49.7. The van der Waals surface area contributed by atoms with Crippen molar-refractivity contribution in [3.63, 3.8) is 0 Å². The van der Waals surface area contributed by atoms with Gasteiger partial charge in [-0.25, -0.2) is 0 Å². The summed E-state index contributed by atoms with van der Waals surface area (Å²) in [6, 6.07) is 0. The summed E-state index contributed by atoms with van der Waals surface area (Å²) < 4.78 is 10.6. The number of fused-ring (bicyclic) bond motifs is 4. The lowest BCUT2D eigenvalue weighted by atomic mass is 9.98. The second kappa shape index (κ2) is 5.40. The van der Waals surface area contributed by atoms with Crippen LogP contribution in [0.4, 0.5) is 0 Å². The molecule has 4 aliphatic rings. The lowest BCUT2D eigenvalue weighted by Gasteiger charge is -2.23. The van der Waals surface area contributed by atoms with Crippen LogP contribution in [0.25, 0.3) is 0 Å². The fraction of sp³-hybridized carbons (Fsp3) is 1.00. The zero-order chi connectivity index (χ0) is 12.5. The van der Waals surface area contributed by atoms with Crippen LogP contribution in [0.5, 0.6) is 0 Å². The lowest BCUT2D eigenvalue weighted by Crippen LogP contribution is -2.45. The molecule has 104 valence electrons. The first-order valence-corrected chi connectivity index (χ1v) is 6.76. The van der Waals surface area contributed by atoms with Gasteiger partial charge in [0.15, 0.2) is 0 Å². The van der Waals surface area contributed by atoms with Gasteiger partial charge in [0.25, 0.3) is 0 Å². The molecule has 4 aliphatic heterocycles. The third-order valence-corrected chi connectivity index (χ3v) is 4.28. The summed E-state index contributed by atoms with van der Waals surface area (Å²) in [5.74, 6) is 0.701. The number of aliphatic hydroxyl groups excluding tert-OH is 2. The summed E-state index contributed by atoms with van der Waals surface area (Å²) in [6.45, 7) is 4.93. The van der Waals surface area contributed by atoms with Crippen LogP contribution in [0.2, 0.25) is 0 Å². The molecular weight excluding hydrogens is 236 g/mol. The first-order valence-electron chi connectivity index (χ1n) is 6.76. The molecule has 4 saturated heterocycles. The van der Waals surface area contributed by atoms with Crippen molar-refractivity contribution in [2.45, 2.75) is 24.4 Å². The maximum Gasteiger partial charge on any atom is 0.0962 e. The van der Waals surface area contributed by atoms with Crippen LogP contribution in [-0.4, -0.2) is 74.0 Å². The van der Waals surface area contributed by atoms with Crippen molar-refractivity contribution in [3.05, 3.63) is 0 Å². The third-order valence-electron chi connectivity index (χ3n) is 4.28.